The molecule has 1 aliphatic carbocycles. The highest BCUT2D eigenvalue weighted by atomic mass is 16.5. The van der Waals surface area contributed by atoms with Crippen LogP contribution in [0.2, 0.25) is 0 Å². The maximum atomic E-state index is 12.8. The van der Waals surface area contributed by atoms with Crippen LogP contribution in [-0.2, 0) is 22.6 Å². The molecular weight excluding hydrogens is 346 g/mol. The normalized spacial score (nSPS) is 18.1. The molecule has 0 radical (unpaired) electrons. The lowest BCUT2D eigenvalue weighted by Gasteiger charge is -2.22. The fourth-order valence-corrected chi connectivity index (χ4v) is 3.88. The second-order valence-corrected chi connectivity index (χ2v) is 7.57. The molecular formula is C20H29N3O4. The lowest BCUT2D eigenvalue weighted by Crippen LogP contribution is -2.35. The molecule has 1 N–H and O–H groups in total. The van der Waals surface area contributed by atoms with E-state index in [1.54, 1.807) is 14.0 Å². The molecule has 0 bridgehead atoms. The van der Waals surface area contributed by atoms with Crippen molar-refractivity contribution in [1.82, 2.24) is 15.2 Å². The maximum Gasteiger partial charge on any atom is 0.256 e. The Balaban J connectivity index is 1.72. The molecule has 7 nitrogen and oxygen atoms in total. The van der Waals surface area contributed by atoms with E-state index in [9.17, 15) is 9.59 Å². The van der Waals surface area contributed by atoms with Gasteiger partial charge in [-0.05, 0) is 39.7 Å². The first-order chi connectivity index (χ1) is 12.9. The van der Waals surface area contributed by atoms with Gasteiger partial charge < -0.3 is 19.7 Å². The molecule has 0 aromatic carbocycles. The van der Waals surface area contributed by atoms with Gasteiger partial charge in [0.05, 0.1) is 31.0 Å². The standard InChI is InChI=1S/C20H29N3O4/c1-12(2)27-13(3)18(24)21-10-14-9-16-17(22-19(14)26-4)11-23(20(16)25)15-7-5-6-8-15/h9,12-13,15H,5-8,10-11H2,1-4H3,(H,21,24). The van der Waals surface area contributed by atoms with Gasteiger partial charge in [0.15, 0.2) is 0 Å². The fraction of sp³-hybridized carbons (Fsp3) is 0.650. The zero-order valence-corrected chi connectivity index (χ0v) is 16.6. The van der Waals surface area contributed by atoms with Gasteiger partial charge in [-0.3, -0.25) is 9.59 Å². The van der Waals surface area contributed by atoms with Crippen molar-refractivity contribution >= 4 is 11.8 Å². The number of pyridine rings is 1. The third kappa shape index (κ3) is 4.24. The minimum atomic E-state index is -0.544. The van der Waals surface area contributed by atoms with Crippen LogP contribution in [0.25, 0.3) is 0 Å². The van der Waals surface area contributed by atoms with Crippen molar-refractivity contribution in [2.24, 2.45) is 0 Å². The highest BCUT2D eigenvalue weighted by Crippen LogP contribution is 2.33. The van der Waals surface area contributed by atoms with E-state index >= 15 is 0 Å². The van der Waals surface area contributed by atoms with Crippen molar-refractivity contribution in [2.75, 3.05) is 7.11 Å². The summed E-state index contributed by atoms with van der Waals surface area (Å²) in [5.74, 6) is 0.286. The molecule has 148 valence electrons. The lowest BCUT2D eigenvalue weighted by atomic mass is 10.1. The number of hydrogen-bond acceptors (Lipinski definition) is 5. The van der Waals surface area contributed by atoms with E-state index in [4.69, 9.17) is 9.47 Å². The zero-order chi connectivity index (χ0) is 19.6. The van der Waals surface area contributed by atoms with Crippen LogP contribution in [0.3, 0.4) is 0 Å². The lowest BCUT2D eigenvalue weighted by molar-refractivity contribution is -0.134. The number of hydrogen-bond donors (Lipinski definition) is 1. The number of fused-ring (bicyclic) bond motifs is 1. The monoisotopic (exact) mass is 375 g/mol. The third-order valence-electron chi connectivity index (χ3n) is 5.21. The Kier molecular flexibility index (Phi) is 5.99. The largest absolute Gasteiger partial charge is 0.481 e. The highest BCUT2D eigenvalue weighted by molar-refractivity contribution is 5.98. The molecule has 0 saturated heterocycles. The molecule has 1 fully saturated rings. The molecule has 1 aliphatic heterocycles. The Morgan fingerprint density at radius 2 is 2.04 bits per heavy atom. The van der Waals surface area contributed by atoms with Crippen LogP contribution in [0.5, 0.6) is 5.88 Å². The quantitative estimate of drug-likeness (QED) is 0.792. The van der Waals surface area contributed by atoms with Crippen LogP contribution in [0.1, 0.15) is 68.1 Å². The molecule has 3 rings (SSSR count). The SMILES string of the molecule is COc1nc2c(cc1CNC(=O)C(C)OC(C)C)C(=O)N(C1CCCC1)C2. The van der Waals surface area contributed by atoms with Crippen LogP contribution in [0.15, 0.2) is 6.07 Å². The molecule has 2 amide bonds. The minimum Gasteiger partial charge on any atom is -0.481 e. The molecule has 1 atom stereocenters. The fourth-order valence-electron chi connectivity index (χ4n) is 3.88. The first kappa shape index (κ1) is 19.6. The van der Waals surface area contributed by atoms with Gasteiger partial charge in [0.25, 0.3) is 5.91 Å². The van der Waals surface area contributed by atoms with Gasteiger partial charge in [0.2, 0.25) is 11.8 Å². The number of nitrogens with one attached hydrogen (secondary N) is 1. The molecule has 27 heavy (non-hydrogen) atoms. The number of aromatic nitrogens is 1. The number of carbonyl (C=O) groups excluding carboxylic acids is 2. The molecule has 1 aromatic rings. The van der Waals surface area contributed by atoms with Crippen LogP contribution < -0.4 is 10.1 Å². The van der Waals surface area contributed by atoms with E-state index < -0.39 is 6.10 Å². The zero-order valence-electron chi connectivity index (χ0n) is 16.6. The van der Waals surface area contributed by atoms with Crippen molar-refractivity contribution in [3.8, 4) is 5.88 Å². The van der Waals surface area contributed by atoms with Gasteiger partial charge in [-0.25, -0.2) is 4.98 Å². The first-order valence-corrected chi connectivity index (χ1v) is 9.71. The summed E-state index contributed by atoms with van der Waals surface area (Å²) in [6.07, 6.45) is 3.91. The number of ether oxygens (including phenoxy) is 2. The number of methoxy groups -OCH3 is 1. The van der Waals surface area contributed by atoms with Crippen LogP contribution >= 0.6 is 0 Å². The number of nitrogens with zero attached hydrogens (tertiary/aromatic N) is 2. The molecule has 1 aromatic heterocycles. The molecule has 0 spiro atoms. The Morgan fingerprint density at radius 1 is 1.33 bits per heavy atom. The Morgan fingerprint density at radius 3 is 2.67 bits per heavy atom. The predicted octanol–water partition coefficient (Wildman–Crippen LogP) is 2.42. The van der Waals surface area contributed by atoms with Crippen molar-refractivity contribution in [3.63, 3.8) is 0 Å². The maximum absolute atomic E-state index is 12.8. The second kappa shape index (κ2) is 8.25. The Labute approximate surface area is 160 Å². The van der Waals surface area contributed by atoms with E-state index in [-0.39, 0.29) is 24.5 Å². The van der Waals surface area contributed by atoms with Gasteiger partial charge >= 0.3 is 0 Å². The number of carbonyl (C=O) groups is 2. The van der Waals surface area contributed by atoms with Gasteiger partial charge in [0.1, 0.15) is 6.10 Å². The van der Waals surface area contributed by atoms with E-state index in [0.29, 0.717) is 29.6 Å². The van der Waals surface area contributed by atoms with Crippen LogP contribution in [-0.4, -0.2) is 47.1 Å². The average molecular weight is 375 g/mol. The molecule has 1 unspecified atom stereocenters. The summed E-state index contributed by atoms with van der Waals surface area (Å²) in [5, 5.41) is 2.84. The summed E-state index contributed by atoms with van der Waals surface area (Å²) in [5.41, 5.74) is 2.08. The van der Waals surface area contributed by atoms with Gasteiger partial charge in [-0.1, -0.05) is 12.8 Å². The van der Waals surface area contributed by atoms with E-state index in [1.165, 1.54) is 12.8 Å². The van der Waals surface area contributed by atoms with E-state index in [1.807, 2.05) is 24.8 Å². The molecule has 2 heterocycles. The van der Waals surface area contributed by atoms with Crippen molar-refractivity contribution < 1.29 is 19.1 Å². The van der Waals surface area contributed by atoms with Crippen molar-refractivity contribution in [1.29, 1.82) is 0 Å². The van der Waals surface area contributed by atoms with Crippen LogP contribution in [0.4, 0.5) is 0 Å². The van der Waals surface area contributed by atoms with Crippen molar-refractivity contribution in [3.05, 3.63) is 22.9 Å². The summed E-state index contributed by atoms with van der Waals surface area (Å²) in [6, 6.07) is 2.13. The highest BCUT2D eigenvalue weighted by Gasteiger charge is 2.36. The summed E-state index contributed by atoms with van der Waals surface area (Å²) in [4.78, 5) is 31.5. The van der Waals surface area contributed by atoms with Gasteiger partial charge in [0, 0.05) is 18.2 Å². The summed E-state index contributed by atoms with van der Waals surface area (Å²) in [6.45, 7) is 6.28. The Hall–Kier alpha value is -2.15. The van der Waals surface area contributed by atoms with Gasteiger partial charge in [-0.2, -0.15) is 0 Å². The predicted molar refractivity (Wildman–Crippen MR) is 100 cm³/mol. The van der Waals surface area contributed by atoms with E-state index in [0.717, 1.165) is 18.5 Å². The molecule has 1 saturated carbocycles. The topological polar surface area (TPSA) is 80.8 Å². The van der Waals surface area contributed by atoms with Gasteiger partial charge in [-0.15, -0.1) is 0 Å². The average Bonchev–Trinajstić information content (AvgIpc) is 3.26. The minimum absolute atomic E-state index is 0.0267. The third-order valence-corrected chi connectivity index (χ3v) is 5.21. The summed E-state index contributed by atoms with van der Waals surface area (Å²) < 4.78 is 10.9. The molecule has 7 heteroatoms. The Bertz CT molecular complexity index is 713. The second-order valence-electron chi connectivity index (χ2n) is 7.57. The number of rotatable bonds is 7. The summed E-state index contributed by atoms with van der Waals surface area (Å²) >= 11 is 0. The van der Waals surface area contributed by atoms with Crippen LogP contribution in [0, 0.1) is 0 Å². The summed E-state index contributed by atoms with van der Waals surface area (Å²) in [7, 11) is 1.55. The molecule has 2 aliphatic rings. The first-order valence-electron chi connectivity index (χ1n) is 9.71. The number of amides is 2. The smallest absolute Gasteiger partial charge is 0.256 e. The van der Waals surface area contributed by atoms with Crippen molar-refractivity contribution in [2.45, 2.75) is 77.8 Å². The van der Waals surface area contributed by atoms with E-state index in [2.05, 4.69) is 10.3 Å².